The zero-order chi connectivity index (χ0) is 14.7. The second kappa shape index (κ2) is 6.89. The fourth-order valence-electron chi connectivity index (χ4n) is 2.43. The maximum atomic E-state index is 4.43. The number of hydrogen-bond acceptors (Lipinski definition) is 3. The molecule has 0 fully saturated rings. The van der Waals surface area contributed by atoms with Gasteiger partial charge >= 0.3 is 0 Å². The SMILES string of the molecule is CCCNCc1sc2ccccc2c1Cn1cc(I)cn1. The van der Waals surface area contributed by atoms with Gasteiger partial charge in [-0.2, -0.15) is 5.10 Å². The van der Waals surface area contributed by atoms with Crippen molar-refractivity contribution in [2.45, 2.75) is 26.4 Å². The fraction of sp³-hybridized carbons (Fsp3) is 0.312. The molecule has 1 N–H and O–H groups in total. The molecule has 3 aromatic rings. The van der Waals surface area contributed by atoms with E-state index in [9.17, 15) is 0 Å². The van der Waals surface area contributed by atoms with E-state index in [4.69, 9.17) is 0 Å². The summed E-state index contributed by atoms with van der Waals surface area (Å²) in [6.45, 7) is 5.05. The first-order chi connectivity index (χ1) is 10.3. The average Bonchev–Trinajstić information content (AvgIpc) is 3.05. The van der Waals surface area contributed by atoms with Crippen LogP contribution in [0.25, 0.3) is 10.1 Å². The molecular formula is C16H18IN3S. The molecule has 0 aliphatic heterocycles. The summed E-state index contributed by atoms with van der Waals surface area (Å²) >= 11 is 4.20. The monoisotopic (exact) mass is 411 g/mol. The average molecular weight is 411 g/mol. The van der Waals surface area contributed by atoms with Crippen LogP contribution in [-0.4, -0.2) is 16.3 Å². The van der Waals surface area contributed by atoms with Gasteiger partial charge in [0.15, 0.2) is 0 Å². The Kier molecular flexibility index (Phi) is 4.92. The van der Waals surface area contributed by atoms with Gasteiger partial charge in [0, 0.05) is 22.3 Å². The number of halogens is 1. The molecule has 3 nitrogen and oxygen atoms in total. The molecule has 0 unspecified atom stereocenters. The van der Waals surface area contributed by atoms with Gasteiger partial charge in [-0.1, -0.05) is 25.1 Å². The number of thiophene rings is 1. The summed E-state index contributed by atoms with van der Waals surface area (Å²) in [5, 5.41) is 9.31. The van der Waals surface area contributed by atoms with Gasteiger partial charge in [-0.15, -0.1) is 11.3 Å². The third-order valence-electron chi connectivity index (χ3n) is 3.42. The van der Waals surface area contributed by atoms with Gasteiger partial charge in [0.2, 0.25) is 0 Å². The molecule has 5 heteroatoms. The molecule has 0 amide bonds. The number of nitrogens with zero attached hydrogens (tertiary/aromatic N) is 2. The summed E-state index contributed by atoms with van der Waals surface area (Å²) in [4.78, 5) is 1.43. The molecule has 0 aliphatic carbocycles. The van der Waals surface area contributed by atoms with E-state index in [0.717, 1.165) is 26.1 Å². The molecule has 0 saturated carbocycles. The van der Waals surface area contributed by atoms with Gasteiger partial charge in [-0.25, -0.2) is 0 Å². The summed E-state index contributed by atoms with van der Waals surface area (Å²) in [5.41, 5.74) is 1.40. The van der Waals surface area contributed by atoms with Gasteiger partial charge in [-0.3, -0.25) is 4.68 Å². The van der Waals surface area contributed by atoms with E-state index < -0.39 is 0 Å². The van der Waals surface area contributed by atoms with Gasteiger partial charge in [0.25, 0.3) is 0 Å². The van der Waals surface area contributed by atoms with Gasteiger partial charge in [-0.05, 0) is 52.6 Å². The van der Waals surface area contributed by atoms with Crippen molar-refractivity contribution in [1.29, 1.82) is 0 Å². The molecule has 2 aromatic heterocycles. The van der Waals surface area contributed by atoms with Crippen LogP contribution in [0.3, 0.4) is 0 Å². The lowest BCUT2D eigenvalue weighted by atomic mass is 10.1. The molecule has 1 aromatic carbocycles. The van der Waals surface area contributed by atoms with E-state index in [2.05, 4.69) is 70.4 Å². The Morgan fingerprint density at radius 1 is 1.33 bits per heavy atom. The van der Waals surface area contributed by atoms with Crippen LogP contribution in [0.2, 0.25) is 0 Å². The minimum atomic E-state index is 0.843. The fourth-order valence-corrected chi connectivity index (χ4v) is 4.06. The number of fused-ring (bicyclic) bond motifs is 1. The van der Waals surface area contributed by atoms with Gasteiger partial charge < -0.3 is 5.32 Å². The highest BCUT2D eigenvalue weighted by Crippen LogP contribution is 2.31. The van der Waals surface area contributed by atoms with E-state index in [-0.39, 0.29) is 0 Å². The number of rotatable bonds is 6. The summed E-state index contributed by atoms with van der Waals surface area (Å²) < 4.78 is 4.57. The Morgan fingerprint density at radius 2 is 2.19 bits per heavy atom. The van der Waals surface area contributed by atoms with Crippen LogP contribution in [0.15, 0.2) is 36.7 Å². The Morgan fingerprint density at radius 3 is 2.95 bits per heavy atom. The standard InChI is InChI=1S/C16H18IN3S/c1-2-7-18-9-16-14(11-20-10-12(17)8-19-20)13-5-3-4-6-15(13)21-16/h3-6,8,10,18H,2,7,9,11H2,1H3. The predicted molar refractivity (Wildman–Crippen MR) is 97.9 cm³/mol. The van der Waals surface area contributed by atoms with Crippen LogP contribution in [0, 0.1) is 3.57 Å². The number of aromatic nitrogens is 2. The molecule has 0 saturated heterocycles. The molecule has 0 atom stereocenters. The van der Waals surface area contributed by atoms with E-state index in [1.165, 1.54) is 24.1 Å². The third-order valence-corrected chi connectivity index (χ3v) is 5.19. The Labute approximate surface area is 142 Å². The molecule has 0 aliphatic rings. The predicted octanol–water partition coefficient (Wildman–Crippen LogP) is 4.25. The van der Waals surface area contributed by atoms with Gasteiger partial charge in [0.1, 0.15) is 0 Å². The Hall–Kier alpha value is -0.920. The van der Waals surface area contributed by atoms with Crippen molar-refractivity contribution in [3.8, 4) is 0 Å². The molecule has 3 rings (SSSR count). The zero-order valence-corrected chi connectivity index (χ0v) is 14.9. The normalized spacial score (nSPS) is 11.3. The van der Waals surface area contributed by atoms with Crippen LogP contribution >= 0.6 is 33.9 Å². The Bertz CT molecular complexity index is 732. The van der Waals surface area contributed by atoms with E-state index in [1.807, 2.05) is 22.2 Å². The number of hydrogen-bond donors (Lipinski definition) is 1. The quantitative estimate of drug-likeness (QED) is 0.486. The molecule has 110 valence electrons. The van der Waals surface area contributed by atoms with Crippen molar-refractivity contribution in [2.75, 3.05) is 6.54 Å². The van der Waals surface area contributed by atoms with Crippen molar-refractivity contribution >= 4 is 44.0 Å². The number of benzene rings is 1. The first kappa shape index (κ1) is 15.0. The minimum Gasteiger partial charge on any atom is -0.312 e. The molecule has 2 heterocycles. The summed E-state index contributed by atoms with van der Waals surface area (Å²) in [5.74, 6) is 0. The van der Waals surface area contributed by atoms with Crippen LogP contribution in [0.1, 0.15) is 23.8 Å². The smallest absolute Gasteiger partial charge is 0.0677 e. The summed E-state index contributed by atoms with van der Waals surface area (Å²) in [7, 11) is 0. The van der Waals surface area contributed by atoms with Crippen LogP contribution in [-0.2, 0) is 13.1 Å². The van der Waals surface area contributed by atoms with Crippen LogP contribution in [0.5, 0.6) is 0 Å². The van der Waals surface area contributed by atoms with Crippen molar-refractivity contribution in [3.63, 3.8) is 0 Å². The lowest BCUT2D eigenvalue weighted by molar-refractivity contribution is 0.659. The molecule has 21 heavy (non-hydrogen) atoms. The molecule has 0 radical (unpaired) electrons. The highest BCUT2D eigenvalue weighted by molar-refractivity contribution is 14.1. The summed E-state index contributed by atoms with van der Waals surface area (Å²) in [6.07, 6.45) is 5.16. The largest absolute Gasteiger partial charge is 0.312 e. The highest BCUT2D eigenvalue weighted by atomic mass is 127. The van der Waals surface area contributed by atoms with E-state index >= 15 is 0 Å². The zero-order valence-electron chi connectivity index (χ0n) is 12.0. The van der Waals surface area contributed by atoms with Crippen molar-refractivity contribution in [1.82, 2.24) is 15.1 Å². The number of nitrogens with one attached hydrogen (secondary N) is 1. The first-order valence-corrected chi connectivity index (χ1v) is 9.05. The van der Waals surface area contributed by atoms with Crippen molar-refractivity contribution in [3.05, 3.63) is 50.7 Å². The molecule has 0 spiro atoms. The minimum absolute atomic E-state index is 0.843. The van der Waals surface area contributed by atoms with Crippen molar-refractivity contribution < 1.29 is 0 Å². The Balaban J connectivity index is 1.94. The summed E-state index contributed by atoms with van der Waals surface area (Å²) in [6, 6.07) is 8.66. The van der Waals surface area contributed by atoms with Crippen LogP contribution in [0.4, 0.5) is 0 Å². The lowest BCUT2D eigenvalue weighted by Gasteiger charge is -2.06. The first-order valence-electron chi connectivity index (χ1n) is 7.16. The lowest BCUT2D eigenvalue weighted by Crippen LogP contribution is -2.14. The third kappa shape index (κ3) is 3.46. The highest BCUT2D eigenvalue weighted by Gasteiger charge is 2.12. The molecular weight excluding hydrogens is 393 g/mol. The maximum Gasteiger partial charge on any atom is 0.0677 e. The second-order valence-corrected chi connectivity index (χ2v) is 7.42. The van der Waals surface area contributed by atoms with Crippen LogP contribution < -0.4 is 5.32 Å². The molecule has 0 bridgehead atoms. The topological polar surface area (TPSA) is 29.9 Å². The second-order valence-electron chi connectivity index (χ2n) is 5.03. The van der Waals surface area contributed by atoms with E-state index in [1.54, 1.807) is 0 Å². The van der Waals surface area contributed by atoms with Crippen molar-refractivity contribution in [2.24, 2.45) is 0 Å². The van der Waals surface area contributed by atoms with Gasteiger partial charge in [0.05, 0.1) is 16.3 Å². The van der Waals surface area contributed by atoms with E-state index in [0.29, 0.717) is 0 Å². The maximum absolute atomic E-state index is 4.43.